The molecule has 7 heteroatoms. The number of methoxy groups -OCH3 is 1. The highest BCUT2D eigenvalue weighted by atomic mass is 35.5. The van der Waals surface area contributed by atoms with Crippen LogP contribution in [0.5, 0.6) is 0 Å². The highest BCUT2D eigenvalue weighted by Gasteiger charge is 2.37. The van der Waals surface area contributed by atoms with E-state index in [9.17, 15) is 9.59 Å². The van der Waals surface area contributed by atoms with E-state index >= 15 is 0 Å². The Morgan fingerprint density at radius 3 is 2.85 bits per heavy atom. The Balaban J connectivity index is 1.73. The van der Waals surface area contributed by atoms with E-state index in [2.05, 4.69) is 0 Å². The zero-order valence-corrected chi connectivity index (χ0v) is 15.3. The summed E-state index contributed by atoms with van der Waals surface area (Å²) in [5.41, 5.74) is 0.643. The van der Waals surface area contributed by atoms with Gasteiger partial charge in [-0.1, -0.05) is 23.7 Å². The van der Waals surface area contributed by atoms with Gasteiger partial charge in [0, 0.05) is 26.6 Å². The summed E-state index contributed by atoms with van der Waals surface area (Å²) in [6.45, 7) is 1.53. The third-order valence-corrected chi connectivity index (χ3v) is 4.74. The molecule has 1 aliphatic heterocycles. The number of para-hydroxylation sites is 1. The van der Waals surface area contributed by atoms with Gasteiger partial charge in [0.2, 0.25) is 11.8 Å². The van der Waals surface area contributed by atoms with Crippen molar-refractivity contribution in [1.82, 2.24) is 4.90 Å². The van der Waals surface area contributed by atoms with Gasteiger partial charge in [-0.25, -0.2) is 0 Å². The summed E-state index contributed by atoms with van der Waals surface area (Å²) in [6, 6.07) is 10.8. The van der Waals surface area contributed by atoms with Gasteiger partial charge in [0.15, 0.2) is 0 Å². The van der Waals surface area contributed by atoms with Crippen molar-refractivity contribution in [3.8, 4) is 0 Å². The third kappa shape index (κ3) is 4.08. The van der Waals surface area contributed by atoms with Crippen molar-refractivity contribution in [3.63, 3.8) is 0 Å². The van der Waals surface area contributed by atoms with E-state index in [1.165, 1.54) is 0 Å². The van der Waals surface area contributed by atoms with Crippen LogP contribution in [0.15, 0.2) is 47.1 Å². The minimum atomic E-state index is -0.411. The molecule has 26 heavy (non-hydrogen) atoms. The number of anilines is 1. The fraction of sp³-hybridized carbons (Fsp3) is 0.368. The second-order valence-electron chi connectivity index (χ2n) is 6.19. The lowest BCUT2D eigenvalue weighted by molar-refractivity contribution is -0.137. The van der Waals surface area contributed by atoms with E-state index in [1.54, 1.807) is 41.4 Å². The topological polar surface area (TPSA) is 63.0 Å². The molecular weight excluding hydrogens is 356 g/mol. The molecule has 0 saturated carbocycles. The number of rotatable bonds is 7. The minimum Gasteiger partial charge on any atom is -0.467 e. The predicted molar refractivity (Wildman–Crippen MR) is 97.9 cm³/mol. The molecule has 0 N–H and O–H groups in total. The fourth-order valence-corrected chi connectivity index (χ4v) is 3.33. The van der Waals surface area contributed by atoms with Gasteiger partial charge in [-0.05, 0) is 24.3 Å². The SMILES string of the molecule is COCCN(Cc1ccco1)C(=O)C1CC(=O)N(c2ccccc2Cl)C1. The van der Waals surface area contributed by atoms with E-state index in [0.29, 0.717) is 42.7 Å². The number of hydrogen-bond acceptors (Lipinski definition) is 4. The lowest BCUT2D eigenvalue weighted by Crippen LogP contribution is -2.39. The first-order valence-corrected chi connectivity index (χ1v) is 8.83. The Kier molecular flexibility index (Phi) is 5.96. The quantitative estimate of drug-likeness (QED) is 0.745. The van der Waals surface area contributed by atoms with Crippen LogP contribution in [0.3, 0.4) is 0 Å². The molecule has 1 saturated heterocycles. The Labute approximate surface area is 157 Å². The molecule has 0 bridgehead atoms. The molecule has 0 radical (unpaired) electrons. The van der Waals surface area contributed by atoms with Crippen molar-refractivity contribution in [2.24, 2.45) is 5.92 Å². The van der Waals surface area contributed by atoms with Crippen LogP contribution in [-0.4, -0.2) is 43.5 Å². The van der Waals surface area contributed by atoms with Crippen molar-refractivity contribution in [2.75, 3.05) is 31.7 Å². The van der Waals surface area contributed by atoms with Gasteiger partial charge in [0.25, 0.3) is 0 Å². The smallest absolute Gasteiger partial charge is 0.228 e. The first-order chi connectivity index (χ1) is 12.6. The number of halogens is 1. The zero-order chi connectivity index (χ0) is 18.5. The predicted octanol–water partition coefficient (Wildman–Crippen LogP) is 2.96. The lowest BCUT2D eigenvalue weighted by atomic mass is 10.1. The van der Waals surface area contributed by atoms with Crippen LogP contribution in [0.4, 0.5) is 5.69 Å². The van der Waals surface area contributed by atoms with Gasteiger partial charge in [0.05, 0.1) is 36.0 Å². The number of hydrogen-bond donors (Lipinski definition) is 0. The molecule has 1 unspecified atom stereocenters. The maximum Gasteiger partial charge on any atom is 0.228 e. The molecule has 3 rings (SSSR count). The Morgan fingerprint density at radius 1 is 1.35 bits per heavy atom. The molecule has 0 aliphatic carbocycles. The van der Waals surface area contributed by atoms with Crippen LogP contribution in [0.25, 0.3) is 0 Å². The van der Waals surface area contributed by atoms with Crippen LogP contribution < -0.4 is 4.90 Å². The lowest BCUT2D eigenvalue weighted by Gasteiger charge is -2.24. The Bertz CT molecular complexity index is 763. The summed E-state index contributed by atoms with van der Waals surface area (Å²) in [6.07, 6.45) is 1.75. The van der Waals surface area contributed by atoms with Crippen LogP contribution >= 0.6 is 11.6 Å². The number of carbonyl (C=O) groups is 2. The van der Waals surface area contributed by atoms with Gasteiger partial charge in [-0.15, -0.1) is 0 Å². The average molecular weight is 377 g/mol. The molecule has 1 aromatic heterocycles. The molecule has 138 valence electrons. The maximum absolute atomic E-state index is 13.0. The second kappa shape index (κ2) is 8.38. The molecular formula is C19H21ClN2O4. The zero-order valence-electron chi connectivity index (χ0n) is 14.6. The summed E-state index contributed by atoms with van der Waals surface area (Å²) < 4.78 is 10.5. The van der Waals surface area contributed by atoms with Crippen molar-refractivity contribution in [2.45, 2.75) is 13.0 Å². The summed E-state index contributed by atoms with van der Waals surface area (Å²) in [5.74, 6) is 0.106. The van der Waals surface area contributed by atoms with Crippen LogP contribution in [-0.2, 0) is 20.9 Å². The van der Waals surface area contributed by atoms with E-state index in [0.717, 1.165) is 0 Å². The van der Waals surface area contributed by atoms with Gasteiger partial charge in [-0.3, -0.25) is 9.59 Å². The summed E-state index contributed by atoms with van der Waals surface area (Å²) in [7, 11) is 1.59. The number of nitrogens with zero attached hydrogens (tertiary/aromatic N) is 2. The molecule has 2 heterocycles. The third-order valence-electron chi connectivity index (χ3n) is 4.42. The largest absolute Gasteiger partial charge is 0.467 e. The summed E-state index contributed by atoms with van der Waals surface area (Å²) >= 11 is 6.20. The molecule has 0 spiro atoms. The van der Waals surface area contributed by atoms with Gasteiger partial charge >= 0.3 is 0 Å². The molecule has 2 amide bonds. The molecule has 1 atom stereocenters. The molecule has 6 nitrogen and oxygen atoms in total. The van der Waals surface area contributed by atoms with E-state index in [4.69, 9.17) is 20.8 Å². The van der Waals surface area contributed by atoms with E-state index < -0.39 is 5.92 Å². The van der Waals surface area contributed by atoms with Crippen LogP contribution in [0, 0.1) is 5.92 Å². The highest BCUT2D eigenvalue weighted by molar-refractivity contribution is 6.33. The number of furan rings is 1. The van der Waals surface area contributed by atoms with Gasteiger partial charge in [0.1, 0.15) is 5.76 Å². The van der Waals surface area contributed by atoms with E-state index in [-0.39, 0.29) is 18.2 Å². The number of carbonyl (C=O) groups excluding carboxylic acids is 2. The maximum atomic E-state index is 13.0. The molecule has 1 fully saturated rings. The van der Waals surface area contributed by atoms with Gasteiger partial charge in [-0.2, -0.15) is 0 Å². The first-order valence-electron chi connectivity index (χ1n) is 8.45. The normalized spacial score (nSPS) is 16.9. The van der Waals surface area contributed by atoms with Crippen molar-refractivity contribution in [3.05, 3.63) is 53.4 Å². The molecule has 2 aromatic rings. The van der Waals surface area contributed by atoms with Crippen molar-refractivity contribution in [1.29, 1.82) is 0 Å². The van der Waals surface area contributed by atoms with Crippen molar-refractivity contribution < 1.29 is 18.7 Å². The number of amides is 2. The molecule has 1 aliphatic rings. The Morgan fingerprint density at radius 2 is 2.15 bits per heavy atom. The van der Waals surface area contributed by atoms with E-state index in [1.807, 2.05) is 18.2 Å². The monoisotopic (exact) mass is 376 g/mol. The second-order valence-corrected chi connectivity index (χ2v) is 6.60. The van der Waals surface area contributed by atoms with Crippen LogP contribution in [0.2, 0.25) is 5.02 Å². The highest BCUT2D eigenvalue weighted by Crippen LogP contribution is 2.31. The summed E-state index contributed by atoms with van der Waals surface area (Å²) in [5, 5.41) is 0.501. The molecule has 1 aromatic carbocycles. The van der Waals surface area contributed by atoms with Crippen molar-refractivity contribution >= 4 is 29.1 Å². The van der Waals surface area contributed by atoms with Crippen LogP contribution in [0.1, 0.15) is 12.2 Å². The fourth-order valence-electron chi connectivity index (χ4n) is 3.09. The Hall–Kier alpha value is -2.31. The summed E-state index contributed by atoms with van der Waals surface area (Å²) in [4.78, 5) is 28.7. The average Bonchev–Trinajstić information content (AvgIpc) is 3.28. The number of ether oxygens (including phenoxy) is 1. The minimum absolute atomic E-state index is 0.0821. The number of benzene rings is 1. The standard InChI is InChI=1S/C19H21ClN2O4/c1-25-10-8-21(13-15-5-4-9-26-15)19(24)14-11-18(23)22(12-14)17-7-3-2-6-16(17)20/h2-7,9,14H,8,10-13H2,1H3. The first kappa shape index (κ1) is 18.5. The van der Waals surface area contributed by atoms with Gasteiger partial charge < -0.3 is 19.0 Å².